The zero-order valence-corrected chi connectivity index (χ0v) is 21.9. The van der Waals surface area contributed by atoms with Crippen molar-refractivity contribution in [1.82, 2.24) is 0 Å². The summed E-state index contributed by atoms with van der Waals surface area (Å²) in [6, 6.07) is 9.43. The van der Waals surface area contributed by atoms with Gasteiger partial charge >= 0.3 is 5.97 Å². The van der Waals surface area contributed by atoms with Crippen LogP contribution in [0.1, 0.15) is 70.4 Å². The summed E-state index contributed by atoms with van der Waals surface area (Å²) in [5, 5.41) is 10.7. The monoisotopic (exact) mass is 500 g/mol. The number of hydrogen-bond donors (Lipinski definition) is 1. The lowest BCUT2D eigenvalue weighted by Gasteiger charge is -2.43. The molecule has 2 aromatic rings. The highest BCUT2D eigenvalue weighted by Crippen LogP contribution is 2.55. The summed E-state index contributed by atoms with van der Waals surface area (Å²) in [7, 11) is 1.59. The number of carboxylic acid groups (broad SMARTS) is 1. The van der Waals surface area contributed by atoms with Crippen molar-refractivity contribution in [2.24, 2.45) is 10.8 Å². The van der Waals surface area contributed by atoms with Gasteiger partial charge in [0.15, 0.2) is 11.6 Å². The number of methoxy groups -OCH3 is 1. The van der Waals surface area contributed by atoms with E-state index in [2.05, 4.69) is 27.7 Å². The van der Waals surface area contributed by atoms with Crippen molar-refractivity contribution < 1.29 is 29.0 Å². The average Bonchev–Trinajstić information content (AvgIpc) is 2.78. The standard InChI is InChI=1S/C31H32O6/c1-30(2)13-20(32)27-23(15-30)37-24-16-31(3,4)14-21(33)28(24)29(27)26-19-9-6-17(7-11-25(34)35)12-18(19)8-10-22(26)36-5/h6-12,29H,13-16H2,1-5H3,(H,34,35)/b11-7+. The number of Topliss-reactive ketones (excluding diaryl/α,β-unsaturated/α-hetero) is 2. The molecule has 6 heteroatoms. The predicted molar refractivity (Wildman–Crippen MR) is 141 cm³/mol. The van der Waals surface area contributed by atoms with Crippen molar-refractivity contribution in [3.05, 3.63) is 70.2 Å². The van der Waals surface area contributed by atoms with E-state index in [-0.39, 0.29) is 22.4 Å². The van der Waals surface area contributed by atoms with E-state index in [0.29, 0.717) is 54.1 Å². The molecule has 37 heavy (non-hydrogen) atoms. The fourth-order valence-electron chi connectivity index (χ4n) is 6.06. The van der Waals surface area contributed by atoms with Crippen LogP contribution in [0.25, 0.3) is 16.8 Å². The summed E-state index contributed by atoms with van der Waals surface area (Å²) in [4.78, 5) is 38.4. The molecule has 192 valence electrons. The third kappa shape index (κ3) is 4.50. The highest BCUT2D eigenvalue weighted by molar-refractivity contribution is 6.08. The Morgan fingerprint density at radius 2 is 1.54 bits per heavy atom. The van der Waals surface area contributed by atoms with Gasteiger partial charge in [-0.15, -0.1) is 0 Å². The summed E-state index contributed by atoms with van der Waals surface area (Å²) in [6.45, 7) is 8.27. The van der Waals surface area contributed by atoms with Crippen LogP contribution < -0.4 is 4.74 Å². The number of allylic oxidation sites excluding steroid dienone is 4. The lowest BCUT2D eigenvalue weighted by Crippen LogP contribution is -2.37. The quantitative estimate of drug-likeness (QED) is 0.492. The fourth-order valence-corrected chi connectivity index (χ4v) is 6.06. The predicted octanol–water partition coefficient (Wildman–Crippen LogP) is 6.35. The van der Waals surface area contributed by atoms with E-state index < -0.39 is 11.9 Å². The number of ether oxygens (including phenoxy) is 2. The van der Waals surface area contributed by atoms with Crippen LogP contribution in [0.2, 0.25) is 0 Å². The van der Waals surface area contributed by atoms with Crippen molar-refractivity contribution >= 4 is 34.4 Å². The number of ketones is 2. The first-order valence-electron chi connectivity index (χ1n) is 12.6. The molecule has 2 aliphatic carbocycles. The van der Waals surface area contributed by atoms with Crippen molar-refractivity contribution in [2.75, 3.05) is 7.11 Å². The molecule has 0 radical (unpaired) electrons. The molecule has 5 rings (SSSR count). The second kappa shape index (κ2) is 8.72. The molecule has 0 atom stereocenters. The maximum atomic E-state index is 13.7. The fraction of sp³-hybridized carbons (Fsp3) is 0.387. The van der Waals surface area contributed by atoms with Gasteiger partial charge < -0.3 is 14.6 Å². The third-order valence-corrected chi connectivity index (χ3v) is 7.55. The molecule has 1 heterocycles. The Hall–Kier alpha value is -3.67. The minimum absolute atomic E-state index is 0.000464. The van der Waals surface area contributed by atoms with Crippen LogP contribution in [0, 0.1) is 10.8 Å². The summed E-state index contributed by atoms with van der Waals surface area (Å²) in [6.07, 6.45) is 4.64. The summed E-state index contributed by atoms with van der Waals surface area (Å²) >= 11 is 0. The van der Waals surface area contributed by atoms with E-state index in [0.717, 1.165) is 28.0 Å². The molecule has 0 aromatic heterocycles. The van der Waals surface area contributed by atoms with Crippen LogP contribution in [-0.2, 0) is 19.1 Å². The summed E-state index contributed by atoms with van der Waals surface area (Å²) in [5.74, 6) is 0.327. The molecule has 2 aromatic carbocycles. The summed E-state index contributed by atoms with van der Waals surface area (Å²) < 4.78 is 12.3. The molecular formula is C31H32O6. The third-order valence-electron chi connectivity index (χ3n) is 7.55. The van der Waals surface area contributed by atoms with Crippen LogP contribution in [0.3, 0.4) is 0 Å². The van der Waals surface area contributed by atoms with Gasteiger partial charge in [-0.3, -0.25) is 9.59 Å². The minimum Gasteiger partial charge on any atom is -0.496 e. The Bertz CT molecular complexity index is 1400. The Morgan fingerprint density at radius 3 is 2.08 bits per heavy atom. The van der Waals surface area contributed by atoms with E-state index >= 15 is 0 Å². The highest BCUT2D eigenvalue weighted by Gasteiger charge is 2.48. The normalized spacial score (nSPS) is 21.2. The van der Waals surface area contributed by atoms with Gasteiger partial charge in [0.2, 0.25) is 0 Å². The van der Waals surface area contributed by atoms with Gasteiger partial charge in [0, 0.05) is 48.5 Å². The number of fused-ring (bicyclic) bond motifs is 1. The second-order valence-electron chi connectivity index (χ2n) is 11.9. The summed E-state index contributed by atoms with van der Waals surface area (Å²) in [5.41, 5.74) is 2.17. The Kier molecular flexibility index (Phi) is 5.89. The molecule has 0 bridgehead atoms. The van der Waals surface area contributed by atoms with Gasteiger partial charge in [-0.25, -0.2) is 4.79 Å². The van der Waals surface area contributed by atoms with Gasteiger partial charge in [-0.1, -0.05) is 45.9 Å². The first-order valence-corrected chi connectivity index (χ1v) is 12.6. The molecule has 0 amide bonds. The maximum Gasteiger partial charge on any atom is 0.328 e. The average molecular weight is 501 g/mol. The zero-order valence-electron chi connectivity index (χ0n) is 21.9. The molecule has 0 spiro atoms. The molecule has 0 unspecified atom stereocenters. The molecule has 0 fully saturated rings. The Labute approximate surface area is 216 Å². The SMILES string of the molecule is COc1ccc2cc(/C=C/C(=O)O)ccc2c1C1C2=C(CC(C)(C)CC2=O)OC2=C1C(=O)CC(C)(C)C2. The van der Waals surface area contributed by atoms with Crippen molar-refractivity contribution in [3.8, 4) is 5.75 Å². The van der Waals surface area contributed by atoms with E-state index in [1.165, 1.54) is 0 Å². The van der Waals surface area contributed by atoms with Crippen molar-refractivity contribution in [3.63, 3.8) is 0 Å². The van der Waals surface area contributed by atoms with E-state index in [4.69, 9.17) is 14.6 Å². The van der Waals surface area contributed by atoms with Crippen molar-refractivity contribution in [1.29, 1.82) is 0 Å². The molecule has 0 saturated heterocycles. The second-order valence-corrected chi connectivity index (χ2v) is 11.9. The number of aliphatic carboxylic acids is 1. The Morgan fingerprint density at radius 1 is 0.946 bits per heavy atom. The number of carbonyl (C=O) groups is 3. The van der Waals surface area contributed by atoms with Gasteiger partial charge in [-0.2, -0.15) is 0 Å². The maximum absolute atomic E-state index is 13.7. The molecule has 6 nitrogen and oxygen atoms in total. The Balaban J connectivity index is 1.79. The van der Waals surface area contributed by atoms with Crippen LogP contribution in [0.4, 0.5) is 0 Å². The van der Waals surface area contributed by atoms with E-state index in [9.17, 15) is 14.4 Å². The van der Waals surface area contributed by atoms with Crippen LogP contribution >= 0.6 is 0 Å². The van der Waals surface area contributed by atoms with Crippen molar-refractivity contribution in [2.45, 2.75) is 59.3 Å². The van der Waals surface area contributed by atoms with E-state index in [1.54, 1.807) is 13.2 Å². The van der Waals surface area contributed by atoms with Gasteiger partial charge in [0.1, 0.15) is 17.3 Å². The minimum atomic E-state index is -1.02. The molecule has 0 saturated carbocycles. The van der Waals surface area contributed by atoms with E-state index in [1.807, 2.05) is 30.3 Å². The van der Waals surface area contributed by atoms with Crippen LogP contribution in [-0.4, -0.2) is 29.8 Å². The van der Waals surface area contributed by atoms with Crippen LogP contribution in [0.5, 0.6) is 5.75 Å². The number of hydrogen-bond acceptors (Lipinski definition) is 5. The van der Waals surface area contributed by atoms with Gasteiger partial charge in [-0.05, 0) is 45.4 Å². The molecule has 1 N–H and O–H groups in total. The number of benzene rings is 2. The number of carbonyl (C=O) groups excluding carboxylic acids is 2. The smallest absolute Gasteiger partial charge is 0.328 e. The molecular weight excluding hydrogens is 468 g/mol. The molecule has 3 aliphatic rings. The topological polar surface area (TPSA) is 89.9 Å². The van der Waals surface area contributed by atoms with Gasteiger partial charge in [0.05, 0.1) is 13.0 Å². The largest absolute Gasteiger partial charge is 0.496 e. The first kappa shape index (κ1) is 25.0. The zero-order chi connectivity index (χ0) is 26.7. The number of rotatable bonds is 4. The molecule has 1 aliphatic heterocycles. The van der Waals surface area contributed by atoms with Crippen LogP contribution in [0.15, 0.2) is 59.1 Å². The number of carboxylic acids is 1. The highest BCUT2D eigenvalue weighted by atomic mass is 16.5. The lowest BCUT2D eigenvalue weighted by atomic mass is 9.65. The lowest BCUT2D eigenvalue weighted by molar-refractivity contribution is -0.131. The first-order chi connectivity index (χ1) is 17.4. The van der Waals surface area contributed by atoms with Gasteiger partial charge in [0.25, 0.3) is 0 Å².